The van der Waals surface area contributed by atoms with E-state index in [2.05, 4.69) is 0 Å². The molecule has 5 atom stereocenters. The van der Waals surface area contributed by atoms with Gasteiger partial charge in [-0.15, -0.1) is 0 Å². The molecule has 0 spiro atoms. The largest absolute Gasteiger partial charge is 0.466 e. The van der Waals surface area contributed by atoms with E-state index in [0.717, 1.165) is 11.6 Å². The number of ether oxygens (including phenoxy) is 4. The summed E-state index contributed by atoms with van der Waals surface area (Å²) in [6.07, 6.45) is 0.778. The fraction of sp³-hybridized carbons (Fsp3) is 0.519. The molecule has 1 aromatic rings. The molecule has 1 saturated heterocycles. The minimum atomic E-state index is -2.17. The van der Waals surface area contributed by atoms with E-state index in [1.165, 1.54) is 26.2 Å². The molecule has 0 bridgehead atoms. The van der Waals surface area contributed by atoms with E-state index in [1.807, 2.05) is 30.3 Å². The zero-order chi connectivity index (χ0) is 26.9. The summed E-state index contributed by atoms with van der Waals surface area (Å²) in [5, 5.41) is 22.6. The number of hydrogen-bond acceptors (Lipinski definition) is 9. The fourth-order valence-electron chi connectivity index (χ4n) is 4.04. The van der Waals surface area contributed by atoms with Crippen molar-refractivity contribution in [3.63, 3.8) is 0 Å². The minimum Gasteiger partial charge on any atom is -0.466 e. The summed E-state index contributed by atoms with van der Waals surface area (Å²) in [6, 6.07) is 9.52. The molecule has 0 radical (unpaired) electrons. The Hall–Kier alpha value is -2.85. The van der Waals surface area contributed by atoms with Crippen LogP contribution in [0.3, 0.4) is 0 Å². The highest BCUT2D eigenvalue weighted by Gasteiger charge is 2.57. The first-order valence-corrected chi connectivity index (χ1v) is 11.8. The van der Waals surface area contributed by atoms with Gasteiger partial charge in [0.05, 0.1) is 32.0 Å². The predicted molar refractivity (Wildman–Crippen MR) is 130 cm³/mol. The minimum absolute atomic E-state index is 0.0526. The van der Waals surface area contributed by atoms with Crippen molar-refractivity contribution in [3.8, 4) is 0 Å². The number of allylic oxidation sites excluding steroid dienone is 1. The second-order valence-corrected chi connectivity index (χ2v) is 9.39. The molecule has 9 nitrogen and oxygen atoms in total. The van der Waals surface area contributed by atoms with Crippen LogP contribution in [-0.4, -0.2) is 65.8 Å². The van der Waals surface area contributed by atoms with Crippen molar-refractivity contribution in [2.45, 2.75) is 77.3 Å². The summed E-state index contributed by atoms with van der Waals surface area (Å²) < 4.78 is 22.1. The molecule has 0 aromatic heterocycles. The molecular weight excluding hydrogens is 468 g/mol. The summed E-state index contributed by atoms with van der Waals surface area (Å²) >= 11 is 0. The van der Waals surface area contributed by atoms with Crippen LogP contribution < -0.4 is 0 Å². The molecule has 1 unspecified atom stereocenters. The van der Waals surface area contributed by atoms with Gasteiger partial charge in [-0.25, -0.2) is 4.79 Å². The van der Waals surface area contributed by atoms with Gasteiger partial charge in [0.1, 0.15) is 6.29 Å². The lowest BCUT2D eigenvalue weighted by atomic mass is 9.74. The second kappa shape index (κ2) is 12.9. The first kappa shape index (κ1) is 29.4. The van der Waals surface area contributed by atoms with E-state index in [0.29, 0.717) is 12.9 Å². The van der Waals surface area contributed by atoms with Gasteiger partial charge in [-0.3, -0.25) is 9.59 Å². The summed E-state index contributed by atoms with van der Waals surface area (Å²) in [4.78, 5) is 35.0. The predicted octanol–water partition coefficient (Wildman–Crippen LogP) is 2.63. The lowest BCUT2D eigenvalue weighted by Crippen LogP contribution is -2.62. The van der Waals surface area contributed by atoms with E-state index in [4.69, 9.17) is 18.9 Å². The number of aldehydes is 1. The van der Waals surface area contributed by atoms with Crippen LogP contribution in [0.5, 0.6) is 0 Å². The Kier molecular flexibility index (Phi) is 10.5. The van der Waals surface area contributed by atoms with Crippen molar-refractivity contribution < 1.29 is 43.5 Å². The Morgan fingerprint density at radius 3 is 2.53 bits per heavy atom. The van der Waals surface area contributed by atoms with Crippen LogP contribution >= 0.6 is 0 Å². The van der Waals surface area contributed by atoms with Crippen molar-refractivity contribution in [1.82, 2.24) is 0 Å². The molecular formula is C27H36O9. The van der Waals surface area contributed by atoms with E-state index in [-0.39, 0.29) is 18.4 Å². The van der Waals surface area contributed by atoms with Gasteiger partial charge in [-0.05, 0) is 30.6 Å². The van der Waals surface area contributed by atoms with Crippen LogP contribution in [0.25, 0.3) is 0 Å². The topological polar surface area (TPSA) is 129 Å². The van der Waals surface area contributed by atoms with E-state index < -0.39 is 47.6 Å². The zero-order valence-corrected chi connectivity index (χ0v) is 21.4. The lowest BCUT2D eigenvalue weighted by molar-refractivity contribution is -0.327. The summed E-state index contributed by atoms with van der Waals surface area (Å²) in [7, 11) is 1.20. The number of aliphatic hydroxyl groups is 2. The molecule has 2 rings (SSSR count). The summed E-state index contributed by atoms with van der Waals surface area (Å²) in [5.41, 5.74) is -0.0352. The maximum absolute atomic E-state index is 12.1. The SMILES string of the molecule is COC(=O)/C=C1\C[C@@H](C[C@@H](O)[C@H](C)OCc2ccccc2)O[C@@](O)(C(C)(C)/C=C/C=O)C1OC(C)=O. The molecule has 0 amide bonds. The van der Waals surface area contributed by atoms with Gasteiger partial charge in [0.15, 0.2) is 6.10 Å². The molecule has 1 fully saturated rings. The first-order valence-electron chi connectivity index (χ1n) is 11.8. The molecule has 1 heterocycles. The van der Waals surface area contributed by atoms with Gasteiger partial charge in [0.2, 0.25) is 5.79 Å². The standard InChI is InChI=1S/C27H36O9/c1-18(34-17-20-10-7-6-8-11-20)23(30)16-22-14-21(15-24(31)33-5)25(35-19(2)29)27(32,36-22)26(3,4)12-9-13-28/h6-13,15,18,22-23,25,30,32H,14,16-17H2,1-5H3/b12-9+,21-15+/t18-,22-,23+,25?,27+/m0/s1. The Morgan fingerprint density at radius 1 is 1.28 bits per heavy atom. The maximum Gasteiger partial charge on any atom is 0.330 e. The number of methoxy groups -OCH3 is 1. The number of carbonyl (C=O) groups is 3. The molecule has 0 saturated carbocycles. The smallest absolute Gasteiger partial charge is 0.330 e. The quantitative estimate of drug-likeness (QED) is 0.265. The van der Waals surface area contributed by atoms with Crippen molar-refractivity contribution in [2.75, 3.05) is 7.11 Å². The number of esters is 2. The third kappa shape index (κ3) is 7.57. The average Bonchev–Trinajstić information content (AvgIpc) is 2.83. The average molecular weight is 505 g/mol. The van der Waals surface area contributed by atoms with Gasteiger partial charge in [0, 0.05) is 24.8 Å². The van der Waals surface area contributed by atoms with Crippen LogP contribution in [0.4, 0.5) is 0 Å². The van der Waals surface area contributed by atoms with Gasteiger partial charge >= 0.3 is 11.9 Å². The monoisotopic (exact) mass is 504 g/mol. The Bertz CT molecular complexity index is 953. The fourth-order valence-corrected chi connectivity index (χ4v) is 4.04. The Balaban J connectivity index is 2.33. The Labute approximate surface area is 211 Å². The molecule has 0 aliphatic carbocycles. The van der Waals surface area contributed by atoms with E-state index >= 15 is 0 Å². The summed E-state index contributed by atoms with van der Waals surface area (Å²) in [5.74, 6) is -3.57. The van der Waals surface area contributed by atoms with Crippen molar-refractivity contribution in [1.29, 1.82) is 0 Å². The van der Waals surface area contributed by atoms with Crippen molar-refractivity contribution >= 4 is 18.2 Å². The second-order valence-electron chi connectivity index (χ2n) is 9.39. The van der Waals surface area contributed by atoms with Gasteiger partial charge in [-0.2, -0.15) is 0 Å². The highest BCUT2D eigenvalue weighted by atomic mass is 16.7. The van der Waals surface area contributed by atoms with Gasteiger partial charge < -0.3 is 29.2 Å². The van der Waals surface area contributed by atoms with E-state index in [1.54, 1.807) is 20.8 Å². The Morgan fingerprint density at radius 2 is 1.94 bits per heavy atom. The number of rotatable bonds is 11. The molecule has 36 heavy (non-hydrogen) atoms. The highest BCUT2D eigenvalue weighted by Crippen LogP contribution is 2.46. The van der Waals surface area contributed by atoms with Crippen LogP contribution in [0.1, 0.15) is 46.1 Å². The maximum atomic E-state index is 12.1. The molecule has 1 aliphatic rings. The first-order chi connectivity index (χ1) is 16.9. The van der Waals surface area contributed by atoms with Crippen LogP contribution in [0.15, 0.2) is 54.1 Å². The van der Waals surface area contributed by atoms with Crippen LogP contribution in [0.2, 0.25) is 0 Å². The van der Waals surface area contributed by atoms with E-state index in [9.17, 15) is 24.6 Å². The number of carbonyl (C=O) groups excluding carboxylic acids is 3. The lowest BCUT2D eigenvalue weighted by Gasteiger charge is -2.50. The molecule has 9 heteroatoms. The number of hydrogen-bond donors (Lipinski definition) is 2. The van der Waals surface area contributed by atoms with Crippen LogP contribution in [0, 0.1) is 5.41 Å². The highest BCUT2D eigenvalue weighted by molar-refractivity contribution is 5.83. The zero-order valence-electron chi connectivity index (χ0n) is 21.4. The number of benzene rings is 1. The van der Waals surface area contributed by atoms with Crippen molar-refractivity contribution in [3.05, 3.63) is 59.7 Å². The molecule has 1 aliphatic heterocycles. The molecule has 198 valence electrons. The molecule has 2 N–H and O–H groups in total. The summed E-state index contributed by atoms with van der Waals surface area (Å²) in [6.45, 7) is 6.41. The third-order valence-electron chi connectivity index (χ3n) is 6.21. The normalized spacial score (nSPS) is 25.4. The van der Waals surface area contributed by atoms with Crippen molar-refractivity contribution in [2.24, 2.45) is 5.41 Å². The third-order valence-corrected chi connectivity index (χ3v) is 6.21. The van der Waals surface area contributed by atoms with Crippen LogP contribution in [-0.2, 0) is 39.9 Å². The van der Waals surface area contributed by atoms with Gasteiger partial charge in [0.25, 0.3) is 0 Å². The molecule has 1 aromatic carbocycles. The number of aliphatic hydroxyl groups excluding tert-OH is 1. The van der Waals surface area contributed by atoms with Gasteiger partial charge in [-0.1, -0.05) is 50.3 Å².